The number of carbonyl (C=O) groups excluding carboxylic acids is 1. The minimum atomic E-state index is -0.0524. The molecule has 0 atom stereocenters. The number of furan rings is 1. The van der Waals surface area contributed by atoms with Crippen LogP contribution in [0, 0.1) is 0 Å². The van der Waals surface area contributed by atoms with Crippen LogP contribution < -0.4 is 5.32 Å². The number of rotatable bonds is 3. The molecule has 0 spiro atoms. The minimum absolute atomic E-state index is 0.0524. The van der Waals surface area contributed by atoms with E-state index < -0.39 is 0 Å². The Balaban J connectivity index is 2.17. The summed E-state index contributed by atoms with van der Waals surface area (Å²) in [4.78, 5) is 14.9. The maximum atomic E-state index is 10.8. The molecule has 0 bridgehead atoms. The average molecular weight is 216 g/mol. The van der Waals surface area contributed by atoms with Crippen molar-refractivity contribution in [3.8, 4) is 11.3 Å². The highest BCUT2D eigenvalue weighted by Crippen LogP contribution is 2.19. The molecule has 0 fully saturated rings. The summed E-state index contributed by atoms with van der Waals surface area (Å²) in [5.41, 5.74) is 1.86. The van der Waals surface area contributed by atoms with Crippen molar-refractivity contribution < 1.29 is 9.21 Å². The van der Waals surface area contributed by atoms with Gasteiger partial charge in [0.25, 0.3) is 0 Å². The standard InChI is InChI=1S/C12H12N2O2/c1-9(15)14-7-10-5-11(8-13-6-10)12-3-2-4-16-12/h2-6,8H,7H2,1H3,(H,14,15). The molecule has 0 saturated carbocycles. The maximum Gasteiger partial charge on any atom is 0.217 e. The van der Waals surface area contributed by atoms with Gasteiger partial charge in [-0.15, -0.1) is 0 Å². The van der Waals surface area contributed by atoms with Crippen molar-refractivity contribution in [1.82, 2.24) is 10.3 Å². The zero-order valence-corrected chi connectivity index (χ0v) is 8.93. The second-order valence-corrected chi connectivity index (χ2v) is 3.47. The third kappa shape index (κ3) is 2.48. The molecule has 2 rings (SSSR count). The predicted molar refractivity (Wildman–Crippen MR) is 59.5 cm³/mol. The summed E-state index contributed by atoms with van der Waals surface area (Å²) in [6, 6.07) is 5.65. The van der Waals surface area contributed by atoms with Crippen LogP contribution in [0.1, 0.15) is 12.5 Å². The lowest BCUT2D eigenvalue weighted by Gasteiger charge is -2.03. The highest BCUT2D eigenvalue weighted by molar-refractivity contribution is 5.72. The summed E-state index contributed by atoms with van der Waals surface area (Å²) in [5, 5.41) is 2.72. The lowest BCUT2D eigenvalue weighted by atomic mass is 10.1. The maximum absolute atomic E-state index is 10.8. The van der Waals surface area contributed by atoms with E-state index in [1.165, 1.54) is 6.92 Å². The topological polar surface area (TPSA) is 55.1 Å². The Morgan fingerprint density at radius 2 is 2.38 bits per heavy atom. The van der Waals surface area contributed by atoms with Crippen LogP contribution in [0.25, 0.3) is 11.3 Å². The monoisotopic (exact) mass is 216 g/mol. The first-order chi connectivity index (χ1) is 7.75. The third-order valence-electron chi connectivity index (χ3n) is 2.14. The summed E-state index contributed by atoms with van der Waals surface area (Å²) in [5.74, 6) is 0.723. The molecule has 0 aromatic carbocycles. The van der Waals surface area contributed by atoms with E-state index in [1.54, 1.807) is 18.7 Å². The van der Waals surface area contributed by atoms with Gasteiger partial charge in [-0.1, -0.05) is 0 Å². The lowest BCUT2D eigenvalue weighted by Crippen LogP contribution is -2.18. The van der Waals surface area contributed by atoms with Crippen molar-refractivity contribution in [2.24, 2.45) is 0 Å². The van der Waals surface area contributed by atoms with Gasteiger partial charge in [-0.2, -0.15) is 0 Å². The molecule has 2 aromatic heterocycles. The normalized spacial score (nSPS) is 10.1. The molecule has 1 N–H and O–H groups in total. The second kappa shape index (κ2) is 4.61. The van der Waals surface area contributed by atoms with Gasteiger partial charge >= 0.3 is 0 Å². The Kier molecular flexibility index (Phi) is 3.00. The molecule has 4 nitrogen and oxygen atoms in total. The zero-order valence-electron chi connectivity index (χ0n) is 8.93. The largest absolute Gasteiger partial charge is 0.464 e. The molecule has 0 unspecified atom stereocenters. The van der Waals surface area contributed by atoms with E-state index >= 15 is 0 Å². The number of hydrogen-bond donors (Lipinski definition) is 1. The fourth-order valence-corrected chi connectivity index (χ4v) is 1.39. The number of pyridine rings is 1. The quantitative estimate of drug-likeness (QED) is 0.853. The fourth-order valence-electron chi connectivity index (χ4n) is 1.39. The first-order valence-electron chi connectivity index (χ1n) is 4.98. The summed E-state index contributed by atoms with van der Waals surface area (Å²) in [6.07, 6.45) is 5.08. The summed E-state index contributed by atoms with van der Waals surface area (Å²) in [6.45, 7) is 1.97. The second-order valence-electron chi connectivity index (χ2n) is 3.47. The average Bonchev–Trinajstić information content (AvgIpc) is 2.80. The van der Waals surface area contributed by atoms with Gasteiger partial charge in [-0.25, -0.2) is 0 Å². The Morgan fingerprint density at radius 3 is 3.06 bits per heavy atom. The molecule has 2 aromatic rings. The smallest absolute Gasteiger partial charge is 0.217 e. The van der Waals surface area contributed by atoms with Crippen molar-refractivity contribution in [2.45, 2.75) is 13.5 Å². The van der Waals surface area contributed by atoms with Crippen LogP contribution in [0.5, 0.6) is 0 Å². The van der Waals surface area contributed by atoms with E-state index in [4.69, 9.17) is 4.42 Å². The molecule has 4 heteroatoms. The van der Waals surface area contributed by atoms with Crippen LogP contribution in [-0.2, 0) is 11.3 Å². The van der Waals surface area contributed by atoms with Crippen LogP contribution in [0.4, 0.5) is 0 Å². The Bertz CT molecular complexity index is 478. The summed E-state index contributed by atoms with van der Waals surface area (Å²) < 4.78 is 5.27. The van der Waals surface area contributed by atoms with Crippen LogP contribution >= 0.6 is 0 Å². The summed E-state index contributed by atoms with van der Waals surface area (Å²) in [7, 11) is 0. The van der Waals surface area contributed by atoms with E-state index in [9.17, 15) is 4.79 Å². The van der Waals surface area contributed by atoms with Crippen LogP contribution in [0.2, 0.25) is 0 Å². The third-order valence-corrected chi connectivity index (χ3v) is 2.14. The van der Waals surface area contributed by atoms with Gasteiger partial charge in [-0.3, -0.25) is 9.78 Å². The van der Waals surface area contributed by atoms with Gasteiger partial charge in [0.15, 0.2) is 0 Å². The molecule has 2 heterocycles. The predicted octanol–water partition coefficient (Wildman–Crippen LogP) is 1.98. The fraction of sp³-hybridized carbons (Fsp3) is 0.167. The first-order valence-corrected chi connectivity index (χ1v) is 4.98. The Hall–Kier alpha value is -2.10. The molecule has 0 aliphatic carbocycles. The Labute approximate surface area is 93.3 Å². The molecule has 0 saturated heterocycles. The number of nitrogens with one attached hydrogen (secondary N) is 1. The van der Waals surface area contributed by atoms with Crippen LogP contribution in [-0.4, -0.2) is 10.9 Å². The van der Waals surface area contributed by atoms with Gasteiger partial charge < -0.3 is 9.73 Å². The van der Waals surface area contributed by atoms with Crippen molar-refractivity contribution in [3.63, 3.8) is 0 Å². The van der Waals surface area contributed by atoms with Gasteiger partial charge in [0.05, 0.1) is 6.26 Å². The highest BCUT2D eigenvalue weighted by atomic mass is 16.3. The van der Waals surface area contributed by atoms with Crippen molar-refractivity contribution in [3.05, 3.63) is 42.4 Å². The molecule has 0 aliphatic heterocycles. The zero-order chi connectivity index (χ0) is 11.4. The van der Waals surface area contributed by atoms with Crippen molar-refractivity contribution in [1.29, 1.82) is 0 Å². The van der Waals surface area contributed by atoms with Gasteiger partial charge in [0.1, 0.15) is 5.76 Å². The number of aromatic nitrogens is 1. The van der Waals surface area contributed by atoms with Gasteiger partial charge in [0, 0.05) is 31.4 Å². The van der Waals surface area contributed by atoms with Crippen LogP contribution in [0.15, 0.2) is 41.3 Å². The Morgan fingerprint density at radius 1 is 1.50 bits per heavy atom. The number of amides is 1. The van der Waals surface area contributed by atoms with E-state index in [2.05, 4.69) is 10.3 Å². The summed E-state index contributed by atoms with van der Waals surface area (Å²) >= 11 is 0. The van der Waals surface area contributed by atoms with Crippen molar-refractivity contribution >= 4 is 5.91 Å². The highest BCUT2D eigenvalue weighted by Gasteiger charge is 2.02. The number of carbonyl (C=O) groups is 1. The van der Waals surface area contributed by atoms with Gasteiger partial charge in [-0.05, 0) is 23.8 Å². The lowest BCUT2D eigenvalue weighted by molar-refractivity contribution is -0.119. The SMILES string of the molecule is CC(=O)NCc1cncc(-c2ccco2)c1. The molecule has 0 radical (unpaired) electrons. The van der Waals surface area contributed by atoms with Crippen LogP contribution in [0.3, 0.4) is 0 Å². The minimum Gasteiger partial charge on any atom is -0.464 e. The molecular weight excluding hydrogens is 204 g/mol. The number of hydrogen-bond acceptors (Lipinski definition) is 3. The van der Waals surface area contributed by atoms with Crippen molar-refractivity contribution in [2.75, 3.05) is 0 Å². The molecule has 16 heavy (non-hydrogen) atoms. The molecule has 0 aliphatic rings. The van der Waals surface area contributed by atoms with Gasteiger partial charge in [0.2, 0.25) is 5.91 Å². The van der Waals surface area contributed by atoms with E-state index in [1.807, 2.05) is 18.2 Å². The first kappa shape index (κ1) is 10.4. The van der Waals surface area contributed by atoms with E-state index in [0.717, 1.165) is 16.9 Å². The molecule has 82 valence electrons. The van der Waals surface area contributed by atoms with E-state index in [-0.39, 0.29) is 5.91 Å². The molecule has 1 amide bonds. The number of nitrogens with zero attached hydrogens (tertiary/aromatic N) is 1. The van der Waals surface area contributed by atoms with E-state index in [0.29, 0.717) is 6.54 Å². The molecular formula is C12H12N2O2.